The van der Waals surface area contributed by atoms with Gasteiger partial charge in [0.2, 0.25) is 0 Å². The van der Waals surface area contributed by atoms with E-state index in [0.717, 1.165) is 31.0 Å². The quantitative estimate of drug-likeness (QED) is 0.797. The zero-order valence-electron chi connectivity index (χ0n) is 17.1. The maximum absolute atomic E-state index is 12.7. The zero-order chi connectivity index (χ0) is 20.3. The monoisotopic (exact) mass is 408 g/mol. The number of benzene rings is 2. The molecular weight excluding hydrogens is 380 g/mol. The van der Waals surface area contributed by atoms with Gasteiger partial charge in [0.1, 0.15) is 6.61 Å². The molecule has 0 aromatic heterocycles. The molecule has 0 saturated carbocycles. The van der Waals surface area contributed by atoms with Gasteiger partial charge < -0.3 is 24.4 Å². The maximum Gasteiger partial charge on any atom is 0.251 e. The number of amides is 1. The summed E-state index contributed by atoms with van der Waals surface area (Å²) in [6, 6.07) is 15.7. The Bertz CT molecular complexity index is 876. The molecule has 2 aromatic rings. The van der Waals surface area contributed by atoms with Crippen LogP contribution in [0.15, 0.2) is 48.5 Å². The molecule has 5 rings (SSSR count). The summed E-state index contributed by atoms with van der Waals surface area (Å²) < 4.78 is 17.6. The Labute approximate surface area is 177 Å². The molecule has 1 N–H and O–H groups in total. The maximum atomic E-state index is 12.7. The lowest BCUT2D eigenvalue weighted by Crippen LogP contribution is -2.47. The standard InChI is InChI=1S/C24H28N2O4/c27-24(25-20-10-18-8-9-26(12-18)13-20)19-6-7-22-23(11-19)29-16-21(30-22)15-28-14-17-4-2-1-3-5-17/h1-7,11,18,20-21H,8-10,12-16H2,(H,25,27)/t18-,20-,21-/m1/s1. The van der Waals surface area contributed by atoms with E-state index in [0.29, 0.717) is 36.9 Å². The summed E-state index contributed by atoms with van der Waals surface area (Å²) in [7, 11) is 0. The van der Waals surface area contributed by atoms with Crippen molar-refractivity contribution in [1.82, 2.24) is 10.2 Å². The van der Waals surface area contributed by atoms with E-state index in [2.05, 4.69) is 10.2 Å². The number of piperidine rings is 1. The van der Waals surface area contributed by atoms with Crippen molar-refractivity contribution in [1.29, 1.82) is 0 Å². The fourth-order valence-electron chi connectivity index (χ4n) is 4.65. The van der Waals surface area contributed by atoms with Gasteiger partial charge in [0.15, 0.2) is 17.6 Å². The molecule has 0 aliphatic carbocycles. The van der Waals surface area contributed by atoms with Crippen molar-refractivity contribution in [3.8, 4) is 11.5 Å². The number of nitrogens with one attached hydrogen (secondary N) is 1. The van der Waals surface area contributed by atoms with E-state index in [1.54, 1.807) is 6.07 Å². The van der Waals surface area contributed by atoms with Gasteiger partial charge in [-0.3, -0.25) is 4.79 Å². The highest BCUT2D eigenvalue weighted by Crippen LogP contribution is 2.33. The highest BCUT2D eigenvalue weighted by molar-refractivity contribution is 5.95. The van der Waals surface area contributed by atoms with Crippen LogP contribution in [0, 0.1) is 5.92 Å². The van der Waals surface area contributed by atoms with Gasteiger partial charge in [0.05, 0.1) is 13.2 Å². The third-order valence-corrected chi connectivity index (χ3v) is 6.14. The van der Waals surface area contributed by atoms with E-state index in [4.69, 9.17) is 14.2 Å². The molecule has 3 heterocycles. The zero-order valence-corrected chi connectivity index (χ0v) is 17.1. The summed E-state index contributed by atoms with van der Waals surface area (Å²) >= 11 is 0. The van der Waals surface area contributed by atoms with Crippen molar-refractivity contribution in [2.75, 3.05) is 32.8 Å². The molecule has 2 aromatic carbocycles. The van der Waals surface area contributed by atoms with Gasteiger partial charge in [-0.25, -0.2) is 0 Å². The fraction of sp³-hybridized carbons (Fsp3) is 0.458. The number of fused-ring (bicyclic) bond motifs is 3. The van der Waals surface area contributed by atoms with Crippen LogP contribution < -0.4 is 14.8 Å². The summed E-state index contributed by atoms with van der Waals surface area (Å²) in [5, 5.41) is 3.20. The Morgan fingerprint density at radius 1 is 1.13 bits per heavy atom. The third-order valence-electron chi connectivity index (χ3n) is 6.14. The second-order valence-electron chi connectivity index (χ2n) is 8.53. The predicted octanol–water partition coefficient (Wildman–Crippen LogP) is 2.87. The summed E-state index contributed by atoms with van der Waals surface area (Å²) in [5.41, 5.74) is 1.75. The Balaban J connectivity index is 1.14. The number of nitrogens with zero attached hydrogens (tertiary/aromatic N) is 1. The first-order valence-electron chi connectivity index (χ1n) is 10.8. The van der Waals surface area contributed by atoms with Crippen LogP contribution >= 0.6 is 0 Å². The average Bonchev–Trinajstić information content (AvgIpc) is 3.12. The molecule has 6 heteroatoms. The van der Waals surface area contributed by atoms with Crippen molar-refractivity contribution in [3.05, 3.63) is 59.7 Å². The molecule has 3 aliphatic heterocycles. The van der Waals surface area contributed by atoms with Crippen LogP contribution in [0.25, 0.3) is 0 Å². The molecule has 2 bridgehead atoms. The summed E-state index contributed by atoms with van der Waals surface area (Å²) in [5.74, 6) is 1.97. The molecule has 1 unspecified atom stereocenters. The first-order chi connectivity index (χ1) is 14.7. The predicted molar refractivity (Wildman–Crippen MR) is 113 cm³/mol. The molecule has 30 heavy (non-hydrogen) atoms. The Morgan fingerprint density at radius 3 is 2.90 bits per heavy atom. The van der Waals surface area contributed by atoms with Gasteiger partial charge in [-0.2, -0.15) is 0 Å². The number of hydrogen-bond donors (Lipinski definition) is 1. The highest BCUT2D eigenvalue weighted by Gasteiger charge is 2.33. The topological polar surface area (TPSA) is 60.0 Å². The first-order valence-corrected chi connectivity index (χ1v) is 10.8. The van der Waals surface area contributed by atoms with Crippen molar-refractivity contribution in [2.45, 2.75) is 31.6 Å². The van der Waals surface area contributed by atoms with E-state index in [1.165, 1.54) is 13.0 Å². The second kappa shape index (κ2) is 8.66. The SMILES string of the molecule is O=C(N[C@@H]1C[C@H]2CCN(C2)C1)c1ccc2c(c1)OC[C@@H](COCc1ccccc1)O2. The van der Waals surface area contributed by atoms with Gasteiger partial charge in [0, 0.05) is 24.7 Å². The highest BCUT2D eigenvalue weighted by atomic mass is 16.6. The van der Waals surface area contributed by atoms with Crippen LogP contribution in [-0.4, -0.2) is 55.8 Å². The first kappa shape index (κ1) is 19.4. The van der Waals surface area contributed by atoms with Crippen molar-refractivity contribution in [2.24, 2.45) is 5.92 Å². The minimum Gasteiger partial charge on any atom is -0.486 e. The number of rotatable bonds is 6. The van der Waals surface area contributed by atoms with Crippen LogP contribution in [0.3, 0.4) is 0 Å². The van der Waals surface area contributed by atoms with E-state index in [1.807, 2.05) is 42.5 Å². The van der Waals surface area contributed by atoms with Gasteiger partial charge >= 0.3 is 0 Å². The number of hydrogen-bond acceptors (Lipinski definition) is 5. The third kappa shape index (κ3) is 4.45. The average molecular weight is 408 g/mol. The molecule has 0 spiro atoms. The molecule has 4 atom stereocenters. The van der Waals surface area contributed by atoms with Crippen LogP contribution in [0.5, 0.6) is 11.5 Å². The van der Waals surface area contributed by atoms with Crippen molar-refractivity contribution in [3.63, 3.8) is 0 Å². The lowest BCUT2D eigenvalue weighted by molar-refractivity contribution is 0.00268. The van der Waals surface area contributed by atoms with E-state index in [9.17, 15) is 4.79 Å². The van der Waals surface area contributed by atoms with Crippen LogP contribution in [0.4, 0.5) is 0 Å². The lowest BCUT2D eigenvalue weighted by Gasteiger charge is -2.30. The fourth-order valence-corrected chi connectivity index (χ4v) is 4.65. The van der Waals surface area contributed by atoms with E-state index in [-0.39, 0.29) is 18.1 Å². The Hall–Kier alpha value is -2.57. The normalized spacial score (nSPS) is 26.9. The molecule has 0 radical (unpaired) electrons. The van der Waals surface area contributed by atoms with Crippen LogP contribution in [-0.2, 0) is 11.3 Å². The number of carbonyl (C=O) groups is 1. The molecule has 1 amide bonds. The van der Waals surface area contributed by atoms with Gasteiger partial charge in [-0.1, -0.05) is 30.3 Å². The number of ether oxygens (including phenoxy) is 3. The largest absolute Gasteiger partial charge is 0.486 e. The molecular formula is C24H28N2O4. The molecule has 158 valence electrons. The lowest BCUT2D eigenvalue weighted by atomic mass is 9.96. The molecule has 2 fully saturated rings. The summed E-state index contributed by atoms with van der Waals surface area (Å²) in [6.07, 6.45) is 2.18. The molecule has 3 aliphatic rings. The summed E-state index contributed by atoms with van der Waals surface area (Å²) in [6.45, 7) is 4.72. The second-order valence-corrected chi connectivity index (χ2v) is 8.53. The van der Waals surface area contributed by atoms with E-state index < -0.39 is 0 Å². The smallest absolute Gasteiger partial charge is 0.251 e. The van der Waals surface area contributed by atoms with Crippen LogP contribution in [0.2, 0.25) is 0 Å². The van der Waals surface area contributed by atoms with Gasteiger partial charge in [0.25, 0.3) is 5.91 Å². The Kier molecular flexibility index (Phi) is 5.60. The number of carbonyl (C=O) groups excluding carboxylic acids is 1. The van der Waals surface area contributed by atoms with E-state index >= 15 is 0 Å². The van der Waals surface area contributed by atoms with Gasteiger partial charge in [-0.05, 0) is 49.1 Å². The summed E-state index contributed by atoms with van der Waals surface area (Å²) in [4.78, 5) is 15.2. The van der Waals surface area contributed by atoms with Crippen LogP contribution in [0.1, 0.15) is 28.8 Å². The Morgan fingerprint density at radius 2 is 2.03 bits per heavy atom. The molecule has 6 nitrogen and oxygen atoms in total. The minimum absolute atomic E-state index is 0.0396. The van der Waals surface area contributed by atoms with Gasteiger partial charge in [-0.15, -0.1) is 0 Å². The van der Waals surface area contributed by atoms with Crippen molar-refractivity contribution < 1.29 is 19.0 Å². The minimum atomic E-state index is -0.160. The van der Waals surface area contributed by atoms with Crippen molar-refractivity contribution >= 4 is 5.91 Å². The molecule has 2 saturated heterocycles.